The summed E-state index contributed by atoms with van der Waals surface area (Å²) in [5.41, 5.74) is 0. The molecule has 0 aromatic heterocycles. The number of nitrogens with zero attached hydrogens (tertiary/aromatic N) is 1. The van der Waals surface area contributed by atoms with E-state index >= 15 is 0 Å². The third-order valence-electron chi connectivity index (χ3n) is 3.09. The second-order valence-electron chi connectivity index (χ2n) is 3.72. The molecule has 0 bridgehead atoms. The molecule has 0 saturated carbocycles. The summed E-state index contributed by atoms with van der Waals surface area (Å²) in [6.45, 7) is 1.68. The van der Waals surface area contributed by atoms with E-state index < -0.39 is 0 Å². The van der Waals surface area contributed by atoms with Crippen molar-refractivity contribution in [2.45, 2.75) is 18.9 Å². The van der Waals surface area contributed by atoms with Crippen LogP contribution in [0, 0.1) is 0 Å². The van der Waals surface area contributed by atoms with Gasteiger partial charge in [0.05, 0.1) is 32.8 Å². The molecule has 0 N–H and O–H groups in total. The highest BCUT2D eigenvalue weighted by Gasteiger charge is 2.51. The van der Waals surface area contributed by atoms with Gasteiger partial charge in [0.2, 0.25) is 0 Å². The van der Waals surface area contributed by atoms with Gasteiger partial charge < -0.3 is 9.84 Å². The number of methoxy groups -OCH3 is 1. The third-order valence-corrected chi connectivity index (χ3v) is 3.09. The van der Waals surface area contributed by atoms with Gasteiger partial charge in [0.15, 0.2) is 6.04 Å². The number of hydrogen-bond donors (Lipinski definition) is 0. The molecule has 4 nitrogen and oxygen atoms in total. The molecule has 0 aromatic rings. The molecular formula is C9H13NO3. The molecule has 1 fully saturated rings. The van der Waals surface area contributed by atoms with Crippen LogP contribution in [0.5, 0.6) is 0 Å². The van der Waals surface area contributed by atoms with Gasteiger partial charge in [-0.3, -0.25) is 4.48 Å². The lowest BCUT2D eigenvalue weighted by molar-refractivity contribution is -0.930. The fourth-order valence-corrected chi connectivity index (χ4v) is 2.21. The summed E-state index contributed by atoms with van der Waals surface area (Å²) in [7, 11) is 1.40. The van der Waals surface area contributed by atoms with Crippen molar-refractivity contribution in [1.82, 2.24) is 0 Å². The standard InChI is InChI=1S/C9H13NO3/c1-13-9(12)8-3-5-10(8)4-2-7(11)6-10/h6,8H,2-5H2,1H3/t8-,10+/m0/s1. The first-order valence-electron chi connectivity index (χ1n) is 4.51. The van der Waals surface area contributed by atoms with Crippen LogP contribution in [0.4, 0.5) is 0 Å². The number of rotatable bonds is 1. The summed E-state index contributed by atoms with van der Waals surface area (Å²) in [5, 5.41) is 11.1. The normalized spacial score (nSPS) is 37.0. The highest BCUT2D eigenvalue weighted by molar-refractivity contribution is 5.75. The molecule has 0 radical (unpaired) electrons. The summed E-state index contributed by atoms with van der Waals surface area (Å²) < 4.78 is 5.24. The Bertz CT molecular complexity index is 274. The Morgan fingerprint density at radius 2 is 2.46 bits per heavy atom. The largest absolute Gasteiger partial charge is 0.872 e. The van der Waals surface area contributed by atoms with Crippen molar-refractivity contribution in [3.8, 4) is 0 Å². The van der Waals surface area contributed by atoms with Gasteiger partial charge in [0, 0.05) is 6.42 Å². The Morgan fingerprint density at radius 1 is 1.69 bits per heavy atom. The minimum atomic E-state index is -0.183. The molecule has 2 aliphatic heterocycles. The topological polar surface area (TPSA) is 49.4 Å². The molecular weight excluding hydrogens is 170 g/mol. The van der Waals surface area contributed by atoms with Crippen molar-refractivity contribution < 1.29 is 19.1 Å². The van der Waals surface area contributed by atoms with Crippen LogP contribution in [-0.2, 0) is 9.53 Å². The van der Waals surface area contributed by atoms with E-state index in [9.17, 15) is 9.90 Å². The molecule has 2 heterocycles. The third kappa shape index (κ3) is 1.13. The Morgan fingerprint density at radius 3 is 2.85 bits per heavy atom. The number of ether oxygens (including phenoxy) is 1. The fourth-order valence-electron chi connectivity index (χ4n) is 2.21. The maximum absolute atomic E-state index is 11.3. The molecule has 72 valence electrons. The van der Waals surface area contributed by atoms with Crippen molar-refractivity contribution in [3.63, 3.8) is 0 Å². The summed E-state index contributed by atoms with van der Waals surface area (Å²) in [5.74, 6) is -0.0224. The lowest BCUT2D eigenvalue weighted by Crippen LogP contribution is -2.64. The van der Waals surface area contributed by atoms with Crippen molar-refractivity contribution >= 4 is 5.97 Å². The lowest BCUT2D eigenvalue weighted by atomic mass is 9.99. The molecule has 1 saturated heterocycles. The zero-order chi connectivity index (χ0) is 9.47. The van der Waals surface area contributed by atoms with Crippen LogP contribution in [-0.4, -0.2) is 36.7 Å². The first kappa shape index (κ1) is 8.56. The zero-order valence-electron chi connectivity index (χ0n) is 7.66. The lowest BCUT2D eigenvalue weighted by Gasteiger charge is -2.46. The van der Waals surface area contributed by atoms with Crippen molar-refractivity contribution in [3.05, 3.63) is 12.0 Å². The molecule has 13 heavy (non-hydrogen) atoms. The first-order valence-corrected chi connectivity index (χ1v) is 4.51. The monoisotopic (exact) mass is 183 g/mol. The minimum absolute atomic E-state index is 0.114. The summed E-state index contributed by atoms with van der Waals surface area (Å²) >= 11 is 0. The van der Waals surface area contributed by atoms with Crippen molar-refractivity contribution in [2.24, 2.45) is 0 Å². The molecule has 0 aromatic carbocycles. The molecule has 0 aliphatic carbocycles. The van der Waals surface area contributed by atoms with Crippen LogP contribution in [0.2, 0.25) is 0 Å². The number of carbonyl (C=O) groups excluding carboxylic acids is 1. The van der Waals surface area contributed by atoms with E-state index in [0.717, 1.165) is 19.5 Å². The Hall–Kier alpha value is -1.03. The predicted octanol–water partition coefficient (Wildman–Crippen LogP) is -0.646. The van der Waals surface area contributed by atoms with Crippen LogP contribution in [0.25, 0.3) is 0 Å². The smallest absolute Gasteiger partial charge is 0.365 e. The Balaban J connectivity index is 2.13. The fraction of sp³-hybridized carbons (Fsp3) is 0.667. The van der Waals surface area contributed by atoms with E-state index in [1.54, 1.807) is 6.20 Å². The molecule has 4 heteroatoms. The predicted molar refractivity (Wildman–Crippen MR) is 43.1 cm³/mol. The van der Waals surface area contributed by atoms with Gasteiger partial charge >= 0.3 is 5.97 Å². The first-order chi connectivity index (χ1) is 6.18. The van der Waals surface area contributed by atoms with Crippen molar-refractivity contribution in [1.29, 1.82) is 0 Å². The van der Waals surface area contributed by atoms with Gasteiger partial charge in [-0.25, -0.2) is 4.79 Å². The van der Waals surface area contributed by atoms with Crippen LogP contribution >= 0.6 is 0 Å². The average molecular weight is 183 g/mol. The number of quaternary nitrogens is 1. The van der Waals surface area contributed by atoms with Crippen molar-refractivity contribution in [2.75, 3.05) is 20.2 Å². The Kier molecular flexibility index (Phi) is 1.80. The summed E-state index contributed by atoms with van der Waals surface area (Å²) in [4.78, 5) is 11.3. The van der Waals surface area contributed by atoms with Gasteiger partial charge in [-0.15, -0.1) is 0 Å². The van der Waals surface area contributed by atoms with Gasteiger partial charge in [-0.2, -0.15) is 0 Å². The maximum atomic E-state index is 11.3. The molecule has 1 spiro atoms. The zero-order valence-corrected chi connectivity index (χ0v) is 7.66. The SMILES string of the molecule is COC(=O)[C@@H]1CC[N@+]12C=C([O-])CC2. The van der Waals surface area contributed by atoms with E-state index in [-0.39, 0.29) is 17.8 Å². The van der Waals surface area contributed by atoms with Gasteiger partial charge in [0.1, 0.15) is 0 Å². The average Bonchev–Trinajstić information content (AvgIpc) is 2.48. The van der Waals surface area contributed by atoms with E-state index in [1.165, 1.54) is 7.11 Å². The number of carbonyl (C=O) groups is 1. The molecule has 0 amide bonds. The number of esters is 1. The van der Waals surface area contributed by atoms with E-state index in [2.05, 4.69) is 0 Å². The second-order valence-corrected chi connectivity index (χ2v) is 3.72. The Labute approximate surface area is 77.0 Å². The highest BCUT2D eigenvalue weighted by atomic mass is 16.5. The van der Waals surface area contributed by atoms with E-state index in [0.29, 0.717) is 10.9 Å². The quantitative estimate of drug-likeness (QED) is 0.401. The van der Waals surface area contributed by atoms with Crippen LogP contribution in [0.3, 0.4) is 0 Å². The van der Waals surface area contributed by atoms with Gasteiger partial charge in [-0.05, 0) is 0 Å². The second kappa shape index (κ2) is 2.73. The maximum Gasteiger partial charge on any atom is 0.365 e. The van der Waals surface area contributed by atoms with Gasteiger partial charge in [0.25, 0.3) is 0 Å². The summed E-state index contributed by atoms with van der Waals surface area (Å²) in [6.07, 6.45) is 3.11. The van der Waals surface area contributed by atoms with Gasteiger partial charge in [-0.1, -0.05) is 5.76 Å². The molecule has 2 rings (SSSR count). The molecule has 2 atom stereocenters. The van der Waals surface area contributed by atoms with Crippen LogP contribution in [0.1, 0.15) is 12.8 Å². The molecule has 2 aliphatic rings. The van der Waals surface area contributed by atoms with Crippen LogP contribution in [0.15, 0.2) is 12.0 Å². The summed E-state index contributed by atoms with van der Waals surface area (Å²) in [6, 6.07) is -0.114. The molecule has 0 unspecified atom stereocenters. The highest BCUT2D eigenvalue weighted by Crippen LogP contribution is 2.35. The minimum Gasteiger partial charge on any atom is -0.872 e. The number of hydrogen-bond acceptors (Lipinski definition) is 3. The van der Waals surface area contributed by atoms with E-state index in [1.807, 2.05) is 0 Å². The van der Waals surface area contributed by atoms with Crippen LogP contribution < -0.4 is 5.11 Å². The van der Waals surface area contributed by atoms with E-state index in [4.69, 9.17) is 4.74 Å².